The van der Waals surface area contributed by atoms with E-state index in [1.54, 1.807) is 0 Å². The van der Waals surface area contributed by atoms with Crippen molar-refractivity contribution in [3.8, 4) is 0 Å². The molecule has 0 aliphatic heterocycles. The van der Waals surface area contributed by atoms with Gasteiger partial charge in [0.2, 0.25) is 0 Å². The monoisotopic (exact) mass is 270 g/mol. The first-order valence-corrected chi connectivity index (χ1v) is 7.13. The molecule has 4 aliphatic carbocycles. The fraction of sp³-hybridized carbons (Fsp3) is 0.923. The Morgan fingerprint density at radius 2 is 1.53 bits per heavy atom. The van der Waals surface area contributed by atoms with Crippen molar-refractivity contribution in [2.24, 2.45) is 23.2 Å². The molecule has 0 radical (unpaired) electrons. The van der Waals surface area contributed by atoms with Crippen LogP contribution in [0.5, 0.6) is 0 Å². The summed E-state index contributed by atoms with van der Waals surface area (Å²) in [5.74, 6) is 3.05. The molecule has 0 unspecified atom stereocenters. The minimum absolute atomic E-state index is 0.207. The van der Waals surface area contributed by atoms with E-state index in [0.717, 1.165) is 30.6 Å². The standard InChI is InChI=1S/C13H19BrO/c14-12(15)1-2-13-6-9-3-10(7-13)5-11(4-9)8-13/h9-11H,1-8H2. The Hall–Kier alpha value is 0.150. The molecule has 4 saturated carbocycles. The van der Waals surface area contributed by atoms with Gasteiger partial charge in [0, 0.05) is 6.42 Å². The van der Waals surface area contributed by atoms with E-state index in [-0.39, 0.29) is 4.69 Å². The van der Waals surface area contributed by atoms with E-state index in [0.29, 0.717) is 5.41 Å². The second-order valence-electron chi connectivity index (χ2n) is 6.27. The summed E-state index contributed by atoms with van der Waals surface area (Å²) in [6.45, 7) is 0. The van der Waals surface area contributed by atoms with Gasteiger partial charge in [0.25, 0.3) is 0 Å². The summed E-state index contributed by atoms with van der Waals surface area (Å²) in [6.07, 6.45) is 10.7. The van der Waals surface area contributed by atoms with Crippen LogP contribution in [0.4, 0.5) is 0 Å². The van der Waals surface area contributed by atoms with Crippen molar-refractivity contribution in [2.75, 3.05) is 0 Å². The van der Waals surface area contributed by atoms with E-state index in [4.69, 9.17) is 0 Å². The van der Waals surface area contributed by atoms with Gasteiger partial charge < -0.3 is 0 Å². The fourth-order valence-electron chi connectivity index (χ4n) is 4.96. The van der Waals surface area contributed by atoms with Crippen LogP contribution in [-0.4, -0.2) is 4.69 Å². The number of hydrogen-bond donors (Lipinski definition) is 0. The van der Waals surface area contributed by atoms with Crippen LogP contribution in [0.25, 0.3) is 0 Å². The summed E-state index contributed by atoms with van der Waals surface area (Å²) >= 11 is 3.08. The first-order chi connectivity index (χ1) is 7.15. The highest BCUT2D eigenvalue weighted by Gasteiger charge is 2.50. The maximum atomic E-state index is 11.1. The molecule has 15 heavy (non-hydrogen) atoms. The molecule has 0 heterocycles. The first kappa shape index (κ1) is 10.3. The summed E-state index contributed by atoms with van der Waals surface area (Å²) in [5.41, 5.74) is 0.582. The molecule has 4 aliphatic rings. The van der Waals surface area contributed by atoms with E-state index in [1.165, 1.54) is 38.5 Å². The predicted molar refractivity (Wildman–Crippen MR) is 63.8 cm³/mol. The Morgan fingerprint density at radius 1 is 1.07 bits per heavy atom. The third-order valence-electron chi connectivity index (χ3n) is 5.02. The van der Waals surface area contributed by atoms with E-state index < -0.39 is 0 Å². The molecular formula is C13H19BrO. The van der Waals surface area contributed by atoms with Crippen LogP contribution in [0.3, 0.4) is 0 Å². The fourth-order valence-corrected chi connectivity index (χ4v) is 5.16. The topological polar surface area (TPSA) is 17.1 Å². The number of halogens is 1. The molecule has 4 bridgehead atoms. The van der Waals surface area contributed by atoms with E-state index in [2.05, 4.69) is 15.9 Å². The number of carbonyl (C=O) groups excluding carboxylic acids is 1. The summed E-state index contributed by atoms with van der Waals surface area (Å²) in [7, 11) is 0. The molecule has 0 aromatic rings. The first-order valence-electron chi connectivity index (χ1n) is 6.34. The molecule has 84 valence electrons. The van der Waals surface area contributed by atoms with Crippen LogP contribution in [0.1, 0.15) is 51.4 Å². The molecule has 0 spiro atoms. The number of carbonyl (C=O) groups is 1. The van der Waals surface area contributed by atoms with Gasteiger partial charge in [-0.1, -0.05) is 0 Å². The Kier molecular flexibility index (Phi) is 2.46. The summed E-state index contributed by atoms with van der Waals surface area (Å²) in [4.78, 5) is 11.1. The molecule has 0 N–H and O–H groups in total. The van der Waals surface area contributed by atoms with E-state index in [9.17, 15) is 4.79 Å². The molecule has 4 fully saturated rings. The average Bonchev–Trinajstić information content (AvgIpc) is 2.12. The molecule has 2 heteroatoms. The van der Waals surface area contributed by atoms with Crippen LogP contribution in [0.15, 0.2) is 0 Å². The SMILES string of the molecule is O=C(Br)CCC12CC3CC(CC(C3)C1)C2. The molecule has 0 aromatic heterocycles. The Bertz CT molecular complexity index is 249. The van der Waals surface area contributed by atoms with Crippen LogP contribution in [0, 0.1) is 23.2 Å². The van der Waals surface area contributed by atoms with Crippen molar-refractivity contribution >= 4 is 20.6 Å². The quantitative estimate of drug-likeness (QED) is 0.711. The lowest BCUT2D eigenvalue weighted by Gasteiger charge is -2.57. The molecule has 0 aromatic carbocycles. The summed E-state index contributed by atoms with van der Waals surface area (Å²) in [6, 6.07) is 0. The predicted octanol–water partition coefficient (Wildman–Crippen LogP) is 3.90. The zero-order valence-corrected chi connectivity index (χ0v) is 10.8. The Morgan fingerprint density at radius 3 is 1.93 bits per heavy atom. The van der Waals surface area contributed by atoms with Gasteiger partial charge in [0.1, 0.15) is 0 Å². The Balaban J connectivity index is 1.72. The van der Waals surface area contributed by atoms with Crippen LogP contribution in [-0.2, 0) is 4.79 Å². The highest BCUT2D eigenvalue weighted by molar-refractivity contribution is 9.18. The maximum Gasteiger partial charge on any atom is 0.197 e. The minimum Gasteiger partial charge on any atom is -0.287 e. The van der Waals surface area contributed by atoms with E-state index >= 15 is 0 Å². The van der Waals surface area contributed by atoms with Gasteiger partial charge in [-0.25, -0.2) is 0 Å². The van der Waals surface area contributed by atoms with Gasteiger partial charge in [0.15, 0.2) is 4.69 Å². The molecule has 1 nitrogen and oxygen atoms in total. The largest absolute Gasteiger partial charge is 0.287 e. The van der Waals surface area contributed by atoms with Crippen LogP contribution in [0.2, 0.25) is 0 Å². The van der Waals surface area contributed by atoms with E-state index in [1.807, 2.05) is 0 Å². The summed E-state index contributed by atoms with van der Waals surface area (Å²) < 4.78 is 0.207. The van der Waals surface area contributed by atoms with Gasteiger partial charge in [0.05, 0.1) is 0 Å². The third-order valence-corrected chi connectivity index (χ3v) is 5.41. The van der Waals surface area contributed by atoms with Crippen molar-refractivity contribution in [3.63, 3.8) is 0 Å². The average molecular weight is 271 g/mol. The normalized spacial score (nSPS) is 47.1. The number of hydrogen-bond acceptors (Lipinski definition) is 1. The maximum absolute atomic E-state index is 11.1. The lowest BCUT2D eigenvalue weighted by molar-refractivity contribution is -0.112. The van der Waals surface area contributed by atoms with Crippen molar-refractivity contribution in [2.45, 2.75) is 51.4 Å². The van der Waals surface area contributed by atoms with Gasteiger partial charge in [-0.3, -0.25) is 4.79 Å². The van der Waals surface area contributed by atoms with Gasteiger partial charge in [-0.2, -0.15) is 0 Å². The van der Waals surface area contributed by atoms with Crippen molar-refractivity contribution in [3.05, 3.63) is 0 Å². The Labute approximate surface area is 100 Å². The molecular weight excluding hydrogens is 252 g/mol. The van der Waals surface area contributed by atoms with Crippen LogP contribution >= 0.6 is 15.9 Å². The third kappa shape index (κ3) is 1.90. The molecule has 0 saturated heterocycles. The summed E-state index contributed by atoms with van der Waals surface area (Å²) in [5, 5.41) is 0. The highest BCUT2D eigenvalue weighted by atomic mass is 79.9. The molecule has 4 rings (SSSR count). The number of rotatable bonds is 3. The van der Waals surface area contributed by atoms with Crippen molar-refractivity contribution in [1.82, 2.24) is 0 Å². The zero-order chi connectivity index (χ0) is 10.5. The van der Waals surface area contributed by atoms with Crippen molar-refractivity contribution in [1.29, 1.82) is 0 Å². The van der Waals surface area contributed by atoms with Crippen LogP contribution < -0.4 is 0 Å². The zero-order valence-electron chi connectivity index (χ0n) is 9.18. The highest BCUT2D eigenvalue weighted by Crippen LogP contribution is 2.61. The van der Waals surface area contributed by atoms with Gasteiger partial charge >= 0.3 is 0 Å². The smallest absolute Gasteiger partial charge is 0.197 e. The molecule has 0 atom stereocenters. The van der Waals surface area contributed by atoms with Crippen molar-refractivity contribution < 1.29 is 4.79 Å². The van der Waals surface area contributed by atoms with Gasteiger partial charge in [-0.15, -0.1) is 0 Å². The lowest BCUT2D eigenvalue weighted by Crippen LogP contribution is -2.46. The second-order valence-corrected chi connectivity index (χ2v) is 7.16. The van der Waals surface area contributed by atoms with Gasteiger partial charge in [-0.05, 0) is 84.0 Å². The minimum atomic E-state index is 0.207. The second kappa shape index (κ2) is 3.58. The lowest BCUT2D eigenvalue weighted by atomic mass is 9.48. The molecule has 0 amide bonds.